The van der Waals surface area contributed by atoms with Crippen molar-refractivity contribution in [1.29, 1.82) is 0 Å². The van der Waals surface area contributed by atoms with Crippen LogP contribution < -0.4 is 5.73 Å². The Balaban J connectivity index is 1.61. The predicted octanol–water partition coefficient (Wildman–Crippen LogP) is 3.64. The zero-order valence-corrected chi connectivity index (χ0v) is 10.3. The van der Waals surface area contributed by atoms with E-state index in [-0.39, 0.29) is 0 Å². The minimum absolute atomic E-state index is 0.357. The predicted molar refractivity (Wildman–Crippen MR) is 68.1 cm³/mol. The van der Waals surface area contributed by atoms with Crippen molar-refractivity contribution < 1.29 is 0 Å². The van der Waals surface area contributed by atoms with Crippen LogP contribution in [0.1, 0.15) is 57.8 Å². The summed E-state index contributed by atoms with van der Waals surface area (Å²) < 4.78 is 0. The largest absolute Gasteiger partial charge is 0.324 e. The first-order valence-corrected chi connectivity index (χ1v) is 7.26. The van der Waals surface area contributed by atoms with Gasteiger partial charge in [-0.2, -0.15) is 0 Å². The van der Waals surface area contributed by atoms with Gasteiger partial charge in [0, 0.05) is 6.04 Å². The van der Waals surface area contributed by atoms with E-state index in [2.05, 4.69) is 6.08 Å². The van der Waals surface area contributed by atoms with Gasteiger partial charge in [0.25, 0.3) is 0 Å². The molecule has 2 N–H and O–H groups in total. The minimum Gasteiger partial charge on any atom is -0.324 e. The maximum Gasteiger partial charge on any atom is 0.0226 e. The summed E-state index contributed by atoms with van der Waals surface area (Å²) in [6.07, 6.45) is 15.2. The Morgan fingerprint density at radius 2 is 2.06 bits per heavy atom. The fourth-order valence-corrected chi connectivity index (χ4v) is 4.33. The summed E-state index contributed by atoms with van der Waals surface area (Å²) >= 11 is 0. The Bertz CT molecular complexity index is 281. The summed E-state index contributed by atoms with van der Waals surface area (Å²) in [4.78, 5) is 0. The van der Waals surface area contributed by atoms with Crippen LogP contribution in [0.25, 0.3) is 0 Å². The molecule has 3 aliphatic rings. The van der Waals surface area contributed by atoms with E-state index in [0.29, 0.717) is 6.04 Å². The lowest BCUT2D eigenvalue weighted by molar-refractivity contribution is 0.328. The van der Waals surface area contributed by atoms with Crippen LogP contribution in [0.5, 0.6) is 0 Å². The summed E-state index contributed by atoms with van der Waals surface area (Å²) in [5, 5.41) is 0. The van der Waals surface area contributed by atoms with Crippen molar-refractivity contribution in [2.24, 2.45) is 23.5 Å². The fourth-order valence-electron chi connectivity index (χ4n) is 4.33. The van der Waals surface area contributed by atoms with Crippen molar-refractivity contribution >= 4 is 0 Å². The molecule has 1 nitrogen and oxygen atoms in total. The van der Waals surface area contributed by atoms with Crippen LogP contribution in [0, 0.1) is 17.8 Å². The monoisotopic (exact) mass is 219 g/mol. The summed E-state index contributed by atoms with van der Waals surface area (Å²) in [7, 11) is 0. The zero-order chi connectivity index (χ0) is 11.0. The van der Waals surface area contributed by atoms with Crippen LogP contribution in [-0.2, 0) is 0 Å². The van der Waals surface area contributed by atoms with Crippen molar-refractivity contribution in [2.45, 2.75) is 63.8 Å². The van der Waals surface area contributed by atoms with Gasteiger partial charge in [0.2, 0.25) is 0 Å². The van der Waals surface area contributed by atoms with Crippen molar-refractivity contribution in [3.63, 3.8) is 0 Å². The van der Waals surface area contributed by atoms with Crippen molar-refractivity contribution in [3.05, 3.63) is 11.6 Å². The van der Waals surface area contributed by atoms with Crippen molar-refractivity contribution in [3.8, 4) is 0 Å². The maximum atomic E-state index is 6.10. The molecular formula is C15H25N. The van der Waals surface area contributed by atoms with Gasteiger partial charge >= 0.3 is 0 Å². The van der Waals surface area contributed by atoms with Gasteiger partial charge < -0.3 is 5.73 Å². The van der Waals surface area contributed by atoms with Gasteiger partial charge in [0.05, 0.1) is 0 Å². The average molecular weight is 219 g/mol. The molecule has 2 bridgehead atoms. The first-order valence-electron chi connectivity index (χ1n) is 7.26. The first-order chi connectivity index (χ1) is 7.81. The van der Waals surface area contributed by atoms with Crippen molar-refractivity contribution in [2.75, 3.05) is 0 Å². The molecule has 4 unspecified atom stereocenters. The van der Waals surface area contributed by atoms with E-state index in [1.807, 2.05) is 0 Å². The normalized spacial score (nSPS) is 43.2. The zero-order valence-electron chi connectivity index (χ0n) is 10.3. The van der Waals surface area contributed by atoms with Crippen LogP contribution >= 0.6 is 0 Å². The third-order valence-corrected chi connectivity index (χ3v) is 5.14. The van der Waals surface area contributed by atoms with Gasteiger partial charge in [-0.05, 0) is 62.7 Å². The van der Waals surface area contributed by atoms with Gasteiger partial charge in [-0.3, -0.25) is 0 Å². The smallest absolute Gasteiger partial charge is 0.0226 e. The Hall–Kier alpha value is -0.300. The molecule has 0 aromatic rings. The first kappa shape index (κ1) is 10.8. The average Bonchev–Trinajstić information content (AvgIpc) is 2.80. The SMILES string of the molecule is NC1C=C(CC2CC3CCC2C3)CCCC1. The minimum atomic E-state index is 0.357. The summed E-state index contributed by atoms with van der Waals surface area (Å²) in [5.74, 6) is 3.19. The van der Waals surface area contributed by atoms with Gasteiger partial charge in [-0.25, -0.2) is 0 Å². The Morgan fingerprint density at radius 3 is 2.81 bits per heavy atom. The highest BCUT2D eigenvalue weighted by Crippen LogP contribution is 2.50. The second-order valence-electron chi connectivity index (χ2n) is 6.37. The topological polar surface area (TPSA) is 26.0 Å². The molecule has 0 spiro atoms. The standard InChI is InChI=1S/C15H25N/c16-15-4-2-1-3-11(10-15)8-14-9-12-5-6-13(14)7-12/h10,12-15H,1-9,16H2. The number of allylic oxidation sites excluding steroid dienone is 1. The Kier molecular flexibility index (Phi) is 3.06. The number of fused-ring (bicyclic) bond motifs is 2. The van der Waals surface area contributed by atoms with E-state index >= 15 is 0 Å². The van der Waals surface area contributed by atoms with E-state index in [0.717, 1.165) is 17.8 Å². The molecule has 0 amide bonds. The number of rotatable bonds is 2. The lowest BCUT2D eigenvalue weighted by Crippen LogP contribution is -2.17. The van der Waals surface area contributed by atoms with Crippen LogP contribution in [0.2, 0.25) is 0 Å². The molecule has 3 rings (SSSR count). The molecule has 0 heterocycles. The molecule has 0 aromatic carbocycles. The lowest BCUT2D eigenvalue weighted by atomic mass is 9.83. The molecule has 90 valence electrons. The van der Waals surface area contributed by atoms with Crippen LogP contribution in [0.3, 0.4) is 0 Å². The highest BCUT2D eigenvalue weighted by atomic mass is 14.6. The molecule has 0 aliphatic heterocycles. The highest BCUT2D eigenvalue weighted by molar-refractivity contribution is 5.10. The maximum absolute atomic E-state index is 6.10. The summed E-state index contributed by atoms with van der Waals surface area (Å²) in [6, 6.07) is 0.357. The molecule has 2 fully saturated rings. The number of nitrogens with two attached hydrogens (primary N) is 1. The second kappa shape index (κ2) is 4.52. The Morgan fingerprint density at radius 1 is 1.12 bits per heavy atom. The van der Waals surface area contributed by atoms with E-state index in [9.17, 15) is 0 Å². The fraction of sp³-hybridized carbons (Fsp3) is 0.867. The summed E-state index contributed by atoms with van der Waals surface area (Å²) in [5.41, 5.74) is 7.80. The van der Waals surface area contributed by atoms with Crippen LogP contribution in [-0.4, -0.2) is 6.04 Å². The van der Waals surface area contributed by atoms with Crippen LogP contribution in [0.4, 0.5) is 0 Å². The lowest BCUT2D eigenvalue weighted by Gasteiger charge is -2.23. The molecule has 4 atom stereocenters. The van der Waals surface area contributed by atoms with Gasteiger partial charge in [0.15, 0.2) is 0 Å². The van der Waals surface area contributed by atoms with E-state index in [1.54, 1.807) is 12.0 Å². The molecule has 3 aliphatic carbocycles. The third-order valence-electron chi connectivity index (χ3n) is 5.14. The molecule has 1 heteroatoms. The molecule has 0 saturated heterocycles. The van der Waals surface area contributed by atoms with Gasteiger partial charge in [0.1, 0.15) is 0 Å². The van der Waals surface area contributed by atoms with Gasteiger partial charge in [-0.15, -0.1) is 0 Å². The molecule has 0 radical (unpaired) electrons. The third kappa shape index (κ3) is 2.20. The quantitative estimate of drug-likeness (QED) is 0.705. The summed E-state index contributed by atoms with van der Waals surface area (Å²) in [6.45, 7) is 0. The van der Waals surface area contributed by atoms with E-state index in [4.69, 9.17) is 5.73 Å². The van der Waals surface area contributed by atoms with Gasteiger partial charge in [-0.1, -0.05) is 24.5 Å². The van der Waals surface area contributed by atoms with Crippen LogP contribution in [0.15, 0.2) is 11.6 Å². The molecule has 2 saturated carbocycles. The number of hydrogen-bond acceptors (Lipinski definition) is 1. The highest BCUT2D eigenvalue weighted by Gasteiger charge is 2.39. The molecular weight excluding hydrogens is 194 g/mol. The molecule has 0 aromatic heterocycles. The number of hydrogen-bond donors (Lipinski definition) is 1. The second-order valence-corrected chi connectivity index (χ2v) is 6.37. The van der Waals surface area contributed by atoms with E-state index in [1.165, 1.54) is 51.4 Å². The molecule has 16 heavy (non-hydrogen) atoms. The Labute approximate surface area is 99.5 Å². The van der Waals surface area contributed by atoms with Crippen molar-refractivity contribution in [1.82, 2.24) is 0 Å². The van der Waals surface area contributed by atoms with E-state index < -0.39 is 0 Å².